The van der Waals surface area contributed by atoms with E-state index in [1.165, 1.54) is 0 Å². The minimum Gasteiger partial charge on any atom is -0.444 e. The van der Waals surface area contributed by atoms with E-state index in [1.54, 1.807) is 24.4 Å². The van der Waals surface area contributed by atoms with E-state index in [0.29, 0.717) is 26.3 Å². The van der Waals surface area contributed by atoms with Gasteiger partial charge in [-0.05, 0) is 26.8 Å². The molecule has 1 aromatic rings. The largest absolute Gasteiger partial charge is 0.444 e. The van der Waals surface area contributed by atoms with Crippen LogP contribution in [-0.4, -0.2) is 55.0 Å². The van der Waals surface area contributed by atoms with Gasteiger partial charge in [0.2, 0.25) is 0 Å². The molecule has 0 saturated carbocycles. The van der Waals surface area contributed by atoms with Gasteiger partial charge in [-0.1, -0.05) is 6.07 Å². The van der Waals surface area contributed by atoms with Crippen molar-refractivity contribution < 1.29 is 19.0 Å². The molecule has 22 heavy (non-hydrogen) atoms. The molecule has 122 valence electrons. The molecule has 0 radical (unpaired) electrons. The maximum Gasteiger partial charge on any atom is 0.410 e. The highest BCUT2D eigenvalue weighted by molar-refractivity contribution is 5.70. The van der Waals surface area contributed by atoms with Crippen molar-refractivity contribution in [3.05, 3.63) is 30.1 Å². The van der Waals surface area contributed by atoms with Crippen molar-refractivity contribution in [2.45, 2.75) is 32.0 Å². The third-order valence-corrected chi connectivity index (χ3v) is 3.40. The summed E-state index contributed by atoms with van der Waals surface area (Å²) in [6.07, 6.45) is 3.18. The molecule has 1 aromatic heterocycles. The van der Waals surface area contributed by atoms with Crippen LogP contribution in [0.1, 0.15) is 26.3 Å². The summed E-state index contributed by atoms with van der Waals surface area (Å²) in [4.78, 5) is 17.9. The summed E-state index contributed by atoms with van der Waals surface area (Å²) >= 11 is 0. The Balaban J connectivity index is 2.03. The Bertz CT molecular complexity index is 493. The number of rotatable bonds is 5. The minimum atomic E-state index is -0.524. The molecule has 0 unspecified atom stereocenters. The Kier molecular flexibility index (Phi) is 5.03. The van der Waals surface area contributed by atoms with Crippen LogP contribution in [0, 0.1) is 0 Å². The summed E-state index contributed by atoms with van der Waals surface area (Å²) in [7, 11) is 1.63. The van der Waals surface area contributed by atoms with Crippen molar-refractivity contribution >= 4 is 6.09 Å². The predicted octanol–water partition coefficient (Wildman–Crippen LogP) is 2.19. The van der Waals surface area contributed by atoms with Crippen LogP contribution in [0.4, 0.5) is 4.79 Å². The number of carbonyl (C=O) groups excluding carboxylic acids is 1. The van der Waals surface area contributed by atoms with Crippen LogP contribution in [0.25, 0.3) is 0 Å². The van der Waals surface area contributed by atoms with Gasteiger partial charge in [0.05, 0.1) is 26.3 Å². The molecule has 1 fully saturated rings. The minimum absolute atomic E-state index is 0.317. The molecule has 2 heterocycles. The fraction of sp³-hybridized carbons (Fsp3) is 0.625. The van der Waals surface area contributed by atoms with Gasteiger partial charge in [-0.2, -0.15) is 0 Å². The lowest BCUT2D eigenvalue weighted by Gasteiger charge is -2.49. The van der Waals surface area contributed by atoms with E-state index in [9.17, 15) is 4.79 Å². The van der Waals surface area contributed by atoms with Crippen LogP contribution in [0.3, 0.4) is 0 Å². The highest BCUT2D eigenvalue weighted by Gasteiger charge is 2.49. The zero-order chi connectivity index (χ0) is 16.2. The molecule has 1 aliphatic rings. The summed E-state index contributed by atoms with van der Waals surface area (Å²) in [5.74, 6) is 0. The van der Waals surface area contributed by atoms with E-state index >= 15 is 0 Å². The second-order valence-corrected chi connectivity index (χ2v) is 6.41. The molecular formula is C16H24N2O4. The normalized spacial score (nSPS) is 17.0. The smallest absolute Gasteiger partial charge is 0.410 e. The second kappa shape index (κ2) is 6.62. The number of aromatic nitrogens is 1. The summed E-state index contributed by atoms with van der Waals surface area (Å²) in [5, 5.41) is 0. The van der Waals surface area contributed by atoms with E-state index in [0.717, 1.165) is 5.56 Å². The van der Waals surface area contributed by atoms with Crippen LogP contribution >= 0.6 is 0 Å². The molecule has 1 saturated heterocycles. The summed E-state index contributed by atoms with van der Waals surface area (Å²) in [5.41, 5.74) is -0.0598. The fourth-order valence-electron chi connectivity index (χ4n) is 2.34. The van der Waals surface area contributed by atoms with Gasteiger partial charge in [0.15, 0.2) is 0 Å². The van der Waals surface area contributed by atoms with Crippen LogP contribution in [0.5, 0.6) is 0 Å². The number of ether oxygens (including phenoxy) is 3. The molecule has 0 atom stereocenters. The Morgan fingerprint density at radius 2 is 2.09 bits per heavy atom. The Labute approximate surface area is 131 Å². The van der Waals surface area contributed by atoms with Gasteiger partial charge in [-0.3, -0.25) is 4.98 Å². The number of carbonyl (C=O) groups is 1. The molecule has 1 amide bonds. The van der Waals surface area contributed by atoms with Gasteiger partial charge < -0.3 is 19.1 Å². The topological polar surface area (TPSA) is 60.9 Å². The molecule has 6 heteroatoms. The number of amides is 1. The summed E-state index contributed by atoms with van der Waals surface area (Å²) in [6, 6.07) is 3.83. The maximum absolute atomic E-state index is 12.1. The molecule has 0 aliphatic carbocycles. The first-order valence-corrected chi connectivity index (χ1v) is 7.38. The van der Waals surface area contributed by atoms with Gasteiger partial charge in [-0.25, -0.2) is 4.79 Å². The third kappa shape index (κ3) is 3.96. The first-order chi connectivity index (χ1) is 10.4. The number of pyridine rings is 1. The lowest BCUT2D eigenvalue weighted by atomic mass is 9.87. The number of hydrogen-bond donors (Lipinski definition) is 0. The highest BCUT2D eigenvalue weighted by Crippen LogP contribution is 2.36. The Morgan fingerprint density at radius 1 is 1.36 bits per heavy atom. The first-order valence-electron chi connectivity index (χ1n) is 7.38. The third-order valence-electron chi connectivity index (χ3n) is 3.40. The van der Waals surface area contributed by atoms with Crippen LogP contribution in [0.15, 0.2) is 24.5 Å². The van der Waals surface area contributed by atoms with Crippen LogP contribution in [-0.2, 0) is 19.8 Å². The quantitative estimate of drug-likeness (QED) is 0.780. The standard InChI is InChI=1S/C16H24N2O4/c1-15(2,3)22-14(19)18-11-16(12-18,21-9-8-20-4)13-6-5-7-17-10-13/h5-7,10H,8-9,11-12H2,1-4H3. The molecule has 2 rings (SSSR count). The number of hydrogen-bond acceptors (Lipinski definition) is 5. The fourth-order valence-corrected chi connectivity index (χ4v) is 2.34. The predicted molar refractivity (Wildman–Crippen MR) is 81.6 cm³/mol. The number of likely N-dealkylation sites (tertiary alicyclic amines) is 1. The molecule has 0 aromatic carbocycles. The van der Waals surface area contributed by atoms with Crippen molar-refractivity contribution in [3.63, 3.8) is 0 Å². The van der Waals surface area contributed by atoms with E-state index < -0.39 is 11.2 Å². The van der Waals surface area contributed by atoms with Gasteiger partial charge in [0.25, 0.3) is 0 Å². The first kappa shape index (κ1) is 16.7. The van der Waals surface area contributed by atoms with Crippen molar-refractivity contribution in [3.8, 4) is 0 Å². The van der Waals surface area contributed by atoms with E-state index in [4.69, 9.17) is 14.2 Å². The van der Waals surface area contributed by atoms with Crippen molar-refractivity contribution in [1.82, 2.24) is 9.88 Å². The van der Waals surface area contributed by atoms with E-state index in [2.05, 4.69) is 4.98 Å². The lowest BCUT2D eigenvalue weighted by Crippen LogP contribution is -2.63. The monoisotopic (exact) mass is 308 g/mol. The Hall–Kier alpha value is -1.66. The van der Waals surface area contributed by atoms with E-state index in [-0.39, 0.29) is 6.09 Å². The molecule has 0 spiro atoms. The van der Waals surface area contributed by atoms with Crippen molar-refractivity contribution in [2.75, 3.05) is 33.4 Å². The van der Waals surface area contributed by atoms with Gasteiger partial charge >= 0.3 is 6.09 Å². The Morgan fingerprint density at radius 3 is 2.64 bits per heavy atom. The SMILES string of the molecule is COCCOC1(c2cccnc2)CN(C(=O)OC(C)(C)C)C1. The van der Waals surface area contributed by atoms with Crippen LogP contribution in [0.2, 0.25) is 0 Å². The molecule has 0 N–H and O–H groups in total. The van der Waals surface area contributed by atoms with Gasteiger partial charge in [0.1, 0.15) is 11.2 Å². The zero-order valence-corrected chi connectivity index (χ0v) is 13.7. The second-order valence-electron chi connectivity index (χ2n) is 6.41. The maximum atomic E-state index is 12.1. The molecule has 1 aliphatic heterocycles. The van der Waals surface area contributed by atoms with Crippen molar-refractivity contribution in [2.24, 2.45) is 0 Å². The van der Waals surface area contributed by atoms with E-state index in [1.807, 2.05) is 32.9 Å². The van der Waals surface area contributed by atoms with Crippen LogP contribution < -0.4 is 0 Å². The van der Waals surface area contributed by atoms with Gasteiger partial charge in [-0.15, -0.1) is 0 Å². The summed E-state index contributed by atoms with van der Waals surface area (Å²) < 4.78 is 16.4. The number of methoxy groups -OCH3 is 1. The van der Waals surface area contributed by atoms with Crippen molar-refractivity contribution in [1.29, 1.82) is 0 Å². The van der Waals surface area contributed by atoms with Gasteiger partial charge in [0, 0.05) is 25.1 Å². The number of nitrogens with zero attached hydrogens (tertiary/aromatic N) is 2. The zero-order valence-electron chi connectivity index (χ0n) is 13.7. The highest BCUT2D eigenvalue weighted by atomic mass is 16.6. The summed E-state index contributed by atoms with van der Waals surface area (Å²) in [6.45, 7) is 7.45. The molecular weight excluding hydrogens is 284 g/mol. The molecule has 0 bridgehead atoms. The molecule has 6 nitrogen and oxygen atoms in total. The average Bonchev–Trinajstić information content (AvgIpc) is 2.40. The average molecular weight is 308 g/mol. The lowest BCUT2D eigenvalue weighted by molar-refractivity contribution is -0.153.